The lowest BCUT2D eigenvalue weighted by Crippen LogP contribution is -2.43. The Bertz CT molecular complexity index is 425. The fourth-order valence-electron chi connectivity index (χ4n) is 1.63. The maximum atomic E-state index is 11.6. The van der Waals surface area contributed by atoms with Crippen LogP contribution in [0.5, 0.6) is 5.75 Å². The highest BCUT2D eigenvalue weighted by molar-refractivity contribution is 5.85. The van der Waals surface area contributed by atoms with E-state index in [1.807, 2.05) is 45.0 Å². The van der Waals surface area contributed by atoms with Gasteiger partial charge in [0.15, 0.2) is 6.61 Å². The van der Waals surface area contributed by atoms with Crippen LogP contribution in [0.3, 0.4) is 0 Å². The van der Waals surface area contributed by atoms with Crippen molar-refractivity contribution in [3.63, 3.8) is 0 Å². The van der Waals surface area contributed by atoms with Crippen LogP contribution in [0.25, 0.3) is 0 Å². The fraction of sp³-hybridized carbons (Fsp3) is 0.562. The highest BCUT2D eigenvalue weighted by Crippen LogP contribution is 2.12. The Balaban J connectivity index is 0.00000400. The normalized spacial score (nSPS) is 11.0. The zero-order valence-electron chi connectivity index (χ0n) is 13.5. The van der Waals surface area contributed by atoms with Crippen molar-refractivity contribution < 1.29 is 9.53 Å². The largest absolute Gasteiger partial charge is 0.484 e. The first-order valence-corrected chi connectivity index (χ1v) is 7.02. The van der Waals surface area contributed by atoms with Crippen molar-refractivity contribution in [2.45, 2.75) is 52.7 Å². The molecule has 120 valence electrons. The minimum absolute atomic E-state index is 0. The van der Waals surface area contributed by atoms with Crippen LogP contribution in [0.2, 0.25) is 0 Å². The summed E-state index contributed by atoms with van der Waals surface area (Å²) in [5.74, 6) is 0.602. The second-order valence-electron chi connectivity index (χ2n) is 6.27. The van der Waals surface area contributed by atoms with E-state index in [4.69, 9.17) is 4.74 Å². The number of carbonyl (C=O) groups excluding carboxylic acids is 1. The molecule has 0 radical (unpaired) electrons. The lowest BCUT2D eigenvalue weighted by atomic mass is 10.1. The highest BCUT2D eigenvalue weighted by Gasteiger charge is 2.13. The molecule has 1 amide bonds. The van der Waals surface area contributed by atoms with Crippen molar-refractivity contribution in [2.24, 2.45) is 0 Å². The molecule has 0 heterocycles. The third-order valence-electron chi connectivity index (χ3n) is 2.52. The number of hydrogen-bond acceptors (Lipinski definition) is 3. The van der Waals surface area contributed by atoms with Crippen LogP contribution in [0.1, 0.15) is 40.2 Å². The molecule has 4 nitrogen and oxygen atoms in total. The van der Waals surface area contributed by atoms with Gasteiger partial charge in [0.05, 0.1) is 0 Å². The molecule has 0 aromatic heterocycles. The van der Waals surface area contributed by atoms with Gasteiger partial charge < -0.3 is 15.4 Å². The first-order chi connectivity index (χ1) is 9.26. The molecule has 0 aliphatic rings. The maximum Gasteiger partial charge on any atom is 0.258 e. The average molecular weight is 315 g/mol. The summed E-state index contributed by atoms with van der Waals surface area (Å²) < 4.78 is 5.46. The summed E-state index contributed by atoms with van der Waals surface area (Å²) >= 11 is 0. The van der Waals surface area contributed by atoms with E-state index in [-0.39, 0.29) is 30.5 Å². The van der Waals surface area contributed by atoms with E-state index in [0.717, 1.165) is 6.54 Å². The van der Waals surface area contributed by atoms with E-state index in [1.165, 1.54) is 5.56 Å². The van der Waals surface area contributed by atoms with Crippen LogP contribution in [-0.2, 0) is 11.3 Å². The summed E-state index contributed by atoms with van der Waals surface area (Å²) in [6.07, 6.45) is 0. The Kier molecular flexibility index (Phi) is 8.37. The zero-order chi connectivity index (χ0) is 15.2. The van der Waals surface area contributed by atoms with Gasteiger partial charge in [0.1, 0.15) is 5.75 Å². The van der Waals surface area contributed by atoms with Crippen LogP contribution < -0.4 is 15.4 Å². The number of carbonyl (C=O) groups is 1. The van der Waals surface area contributed by atoms with Gasteiger partial charge in [0.2, 0.25) is 0 Å². The molecule has 1 aromatic carbocycles. The van der Waals surface area contributed by atoms with E-state index in [9.17, 15) is 4.79 Å². The Morgan fingerprint density at radius 1 is 1.19 bits per heavy atom. The van der Waals surface area contributed by atoms with Gasteiger partial charge in [-0.25, -0.2) is 0 Å². The van der Waals surface area contributed by atoms with Crippen molar-refractivity contribution in [3.05, 3.63) is 29.8 Å². The third-order valence-corrected chi connectivity index (χ3v) is 2.52. The van der Waals surface area contributed by atoms with Crippen LogP contribution >= 0.6 is 12.4 Å². The van der Waals surface area contributed by atoms with E-state index < -0.39 is 0 Å². The van der Waals surface area contributed by atoms with Gasteiger partial charge in [0, 0.05) is 18.1 Å². The summed E-state index contributed by atoms with van der Waals surface area (Å²) in [6, 6.07) is 8.26. The minimum Gasteiger partial charge on any atom is -0.484 e. The molecule has 0 bridgehead atoms. The molecule has 0 aliphatic heterocycles. The third kappa shape index (κ3) is 9.32. The summed E-state index contributed by atoms with van der Waals surface area (Å²) in [5, 5.41) is 6.21. The van der Waals surface area contributed by atoms with Crippen molar-refractivity contribution in [3.8, 4) is 5.75 Å². The molecule has 5 heteroatoms. The topological polar surface area (TPSA) is 50.4 Å². The molecule has 0 aliphatic carbocycles. The van der Waals surface area contributed by atoms with Crippen LogP contribution in [0.4, 0.5) is 0 Å². The Labute approximate surface area is 134 Å². The molecule has 1 aromatic rings. The number of ether oxygens (including phenoxy) is 1. The van der Waals surface area contributed by atoms with Crippen LogP contribution in [0, 0.1) is 0 Å². The van der Waals surface area contributed by atoms with Gasteiger partial charge in [-0.1, -0.05) is 26.0 Å². The lowest BCUT2D eigenvalue weighted by molar-refractivity contribution is -0.124. The van der Waals surface area contributed by atoms with Crippen LogP contribution in [0.15, 0.2) is 24.3 Å². The number of amides is 1. The number of benzene rings is 1. The van der Waals surface area contributed by atoms with Gasteiger partial charge in [-0.2, -0.15) is 0 Å². The summed E-state index contributed by atoms with van der Waals surface area (Å²) in [4.78, 5) is 11.6. The molecule has 0 spiro atoms. The number of halogens is 1. The highest BCUT2D eigenvalue weighted by atomic mass is 35.5. The number of hydrogen-bond donors (Lipinski definition) is 2. The fourth-order valence-corrected chi connectivity index (χ4v) is 1.63. The molecule has 0 atom stereocenters. The second-order valence-corrected chi connectivity index (χ2v) is 6.27. The second kappa shape index (κ2) is 8.90. The number of nitrogens with one attached hydrogen (secondary N) is 2. The molecule has 1 rings (SSSR count). The molecule has 21 heavy (non-hydrogen) atoms. The molecule has 2 N–H and O–H groups in total. The zero-order valence-corrected chi connectivity index (χ0v) is 14.3. The monoisotopic (exact) mass is 314 g/mol. The molecule has 0 fully saturated rings. The van der Waals surface area contributed by atoms with Gasteiger partial charge in [-0.15, -0.1) is 12.4 Å². The smallest absolute Gasteiger partial charge is 0.258 e. The first-order valence-electron chi connectivity index (χ1n) is 7.02. The van der Waals surface area contributed by atoms with Gasteiger partial charge in [-0.05, 0) is 38.5 Å². The molecule has 0 saturated heterocycles. The predicted molar refractivity (Wildman–Crippen MR) is 89.1 cm³/mol. The van der Waals surface area contributed by atoms with Crippen molar-refractivity contribution in [1.82, 2.24) is 10.6 Å². The van der Waals surface area contributed by atoms with Crippen molar-refractivity contribution in [1.29, 1.82) is 0 Å². The van der Waals surface area contributed by atoms with E-state index in [2.05, 4.69) is 24.5 Å². The van der Waals surface area contributed by atoms with E-state index in [1.54, 1.807) is 0 Å². The predicted octanol–water partition coefficient (Wildman–Crippen LogP) is 2.90. The molecular formula is C16H27ClN2O2. The van der Waals surface area contributed by atoms with E-state index >= 15 is 0 Å². The summed E-state index contributed by atoms with van der Waals surface area (Å²) in [6.45, 7) is 10.9. The summed E-state index contributed by atoms with van der Waals surface area (Å²) in [5.41, 5.74) is 0.970. The van der Waals surface area contributed by atoms with E-state index in [0.29, 0.717) is 11.8 Å². The minimum atomic E-state index is -0.229. The molecular weight excluding hydrogens is 288 g/mol. The summed E-state index contributed by atoms with van der Waals surface area (Å²) in [7, 11) is 0. The number of rotatable bonds is 6. The Morgan fingerprint density at radius 3 is 2.24 bits per heavy atom. The quantitative estimate of drug-likeness (QED) is 0.849. The Hall–Kier alpha value is -1.26. The SMILES string of the molecule is CC(C)NCc1ccc(OCC(=O)NC(C)(C)C)cc1.Cl. The first kappa shape index (κ1) is 19.7. The van der Waals surface area contributed by atoms with Gasteiger partial charge in [0.25, 0.3) is 5.91 Å². The maximum absolute atomic E-state index is 11.6. The van der Waals surface area contributed by atoms with Crippen LogP contribution in [-0.4, -0.2) is 24.1 Å². The average Bonchev–Trinajstić information content (AvgIpc) is 2.33. The standard InChI is InChI=1S/C16H26N2O2.ClH/c1-12(2)17-10-13-6-8-14(9-7-13)20-11-15(19)18-16(3,4)5;/h6-9,12,17H,10-11H2,1-5H3,(H,18,19);1H. The van der Waals surface area contributed by atoms with Gasteiger partial charge >= 0.3 is 0 Å². The molecule has 0 saturated carbocycles. The Morgan fingerprint density at radius 2 is 1.76 bits per heavy atom. The van der Waals surface area contributed by atoms with Gasteiger partial charge in [-0.3, -0.25) is 4.79 Å². The lowest BCUT2D eigenvalue weighted by Gasteiger charge is -2.20. The van der Waals surface area contributed by atoms with Crippen molar-refractivity contribution >= 4 is 18.3 Å². The van der Waals surface area contributed by atoms with Crippen molar-refractivity contribution in [2.75, 3.05) is 6.61 Å². The molecule has 0 unspecified atom stereocenters.